The molecular weight excluding hydrogens is 364 g/mol. The molecule has 0 spiro atoms. The lowest BCUT2D eigenvalue weighted by Crippen LogP contribution is -2.47. The number of aliphatic hydroxyl groups is 2. The Balaban J connectivity index is 1.85. The summed E-state index contributed by atoms with van der Waals surface area (Å²) in [4.78, 5) is 31.9. The first-order valence-electron chi connectivity index (χ1n) is 8.26. The Kier molecular flexibility index (Phi) is 7.43. The Labute approximate surface area is 161 Å². The number of aryl methyl sites for hydroxylation is 2. The van der Waals surface area contributed by atoms with E-state index in [0.717, 1.165) is 11.4 Å². The molecule has 0 radical (unpaired) electrons. The fourth-order valence-electron chi connectivity index (χ4n) is 2.02. The first kappa shape index (κ1) is 20.8. The normalized spacial score (nSPS) is 13.4. The Bertz CT molecular complexity index is 826. The smallest absolute Gasteiger partial charge is 0.272 e. The van der Waals surface area contributed by atoms with Gasteiger partial charge in [-0.2, -0.15) is 10.2 Å². The Morgan fingerprint density at radius 1 is 0.857 bits per heavy atom. The van der Waals surface area contributed by atoms with Gasteiger partial charge in [0.2, 0.25) is 0 Å². The lowest BCUT2D eigenvalue weighted by atomic mass is 10.2. The molecule has 146 valence electrons. The molecule has 0 bridgehead atoms. The zero-order chi connectivity index (χ0) is 20.5. The minimum Gasteiger partial charge on any atom is -0.380 e. The Morgan fingerprint density at radius 2 is 1.25 bits per heavy atom. The second-order valence-corrected chi connectivity index (χ2v) is 5.77. The number of hydrogen-bond acceptors (Lipinski definition) is 8. The fraction of sp³-hybridized carbons (Fsp3) is 0.222. The summed E-state index contributed by atoms with van der Waals surface area (Å²) >= 11 is 0. The molecule has 2 aromatic rings. The summed E-state index contributed by atoms with van der Waals surface area (Å²) in [6, 6.07) is 10.5. The maximum Gasteiger partial charge on any atom is 0.272 e. The largest absolute Gasteiger partial charge is 0.380 e. The highest BCUT2D eigenvalue weighted by molar-refractivity contribution is 5.91. The lowest BCUT2D eigenvalue weighted by molar-refractivity contribution is -0.146. The zero-order valence-electron chi connectivity index (χ0n) is 15.3. The third-order valence-electron chi connectivity index (χ3n) is 3.40. The van der Waals surface area contributed by atoms with Crippen LogP contribution in [0.5, 0.6) is 0 Å². The molecule has 2 aromatic heterocycles. The maximum absolute atomic E-state index is 11.8. The number of nitrogens with zero attached hydrogens (tertiary/aromatic N) is 4. The van der Waals surface area contributed by atoms with Crippen LogP contribution in [0.4, 0.5) is 0 Å². The molecule has 0 saturated carbocycles. The first-order valence-corrected chi connectivity index (χ1v) is 8.26. The topological polar surface area (TPSA) is 149 Å². The van der Waals surface area contributed by atoms with E-state index in [0.29, 0.717) is 11.4 Å². The van der Waals surface area contributed by atoms with Crippen molar-refractivity contribution >= 4 is 24.2 Å². The van der Waals surface area contributed by atoms with Crippen molar-refractivity contribution in [1.82, 2.24) is 20.8 Å². The molecule has 2 atom stereocenters. The van der Waals surface area contributed by atoms with Crippen LogP contribution in [0.3, 0.4) is 0 Å². The van der Waals surface area contributed by atoms with Gasteiger partial charge in [0.15, 0.2) is 12.2 Å². The molecule has 10 heteroatoms. The van der Waals surface area contributed by atoms with Crippen LogP contribution in [-0.4, -0.2) is 56.6 Å². The molecule has 0 unspecified atom stereocenters. The van der Waals surface area contributed by atoms with Crippen molar-refractivity contribution in [2.24, 2.45) is 10.2 Å². The number of nitrogens with one attached hydrogen (secondary N) is 2. The van der Waals surface area contributed by atoms with Gasteiger partial charge >= 0.3 is 0 Å². The molecular formula is C18H20N6O4. The van der Waals surface area contributed by atoms with Crippen molar-refractivity contribution in [2.45, 2.75) is 26.1 Å². The molecule has 10 nitrogen and oxygen atoms in total. The number of rotatable bonds is 7. The summed E-state index contributed by atoms with van der Waals surface area (Å²) in [7, 11) is 0. The number of pyridine rings is 2. The van der Waals surface area contributed by atoms with E-state index in [9.17, 15) is 19.8 Å². The van der Waals surface area contributed by atoms with E-state index in [1.165, 1.54) is 12.4 Å². The zero-order valence-corrected chi connectivity index (χ0v) is 15.3. The van der Waals surface area contributed by atoms with Gasteiger partial charge in [-0.05, 0) is 38.1 Å². The summed E-state index contributed by atoms with van der Waals surface area (Å²) in [5.74, 6) is -2.12. The van der Waals surface area contributed by atoms with Crippen LogP contribution in [0.1, 0.15) is 22.8 Å². The summed E-state index contributed by atoms with van der Waals surface area (Å²) in [5.41, 5.74) is 6.57. The van der Waals surface area contributed by atoms with E-state index in [1.54, 1.807) is 50.2 Å². The van der Waals surface area contributed by atoms with Crippen LogP contribution in [0.2, 0.25) is 0 Å². The molecule has 28 heavy (non-hydrogen) atoms. The number of aromatic nitrogens is 2. The number of carbonyl (C=O) groups is 2. The minimum atomic E-state index is -2.03. The highest BCUT2D eigenvalue weighted by Gasteiger charge is 2.30. The average Bonchev–Trinajstić information content (AvgIpc) is 2.66. The van der Waals surface area contributed by atoms with E-state index < -0.39 is 24.0 Å². The predicted molar refractivity (Wildman–Crippen MR) is 101 cm³/mol. The van der Waals surface area contributed by atoms with Gasteiger partial charge in [0.1, 0.15) is 0 Å². The third-order valence-corrected chi connectivity index (χ3v) is 3.40. The molecule has 0 aromatic carbocycles. The van der Waals surface area contributed by atoms with Crippen LogP contribution >= 0.6 is 0 Å². The van der Waals surface area contributed by atoms with Gasteiger partial charge in [-0.1, -0.05) is 12.1 Å². The second kappa shape index (κ2) is 10.00. The van der Waals surface area contributed by atoms with E-state index >= 15 is 0 Å². The minimum absolute atomic E-state index is 0.493. The quantitative estimate of drug-likeness (QED) is 0.370. The van der Waals surface area contributed by atoms with Crippen LogP contribution in [0, 0.1) is 13.8 Å². The maximum atomic E-state index is 11.8. The molecule has 0 aliphatic carbocycles. The molecule has 0 saturated heterocycles. The number of aliphatic hydroxyl groups excluding tert-OH is 2. The number of hydrogen-bond donors (Lipinski definition) is 4. The Morgan fingerprint density at radius 3 is 1.61 bits per heavy atom. The van der Waals surface area contributed by atoms with Gasteiger partial charge in [0.25, 0.3) is 11.8 Å². The summed E-state index contributed by atoms with van der Waals surface area (Å²) in [6.07, 6.45) is -1.53. The van der Waals surface area contributed by atoms with Crippen LogP contribution < -0.4 is 10.9 Å². The fourth-order valence-corrected chi connectivity index (χ4v) is 2.02. The molecule has 2 amide bonds. The van der Waals surface area contributed by atoms with E-state index in [1.807, 2.05) is 10.9 Å². The molecule has 0 aliphatic heterocycles. The van der Waals surface area contributed by atoms with Gasteiger partial charge in [0.05, 0.1) is 23.8 Å². The van der Waals surface area contributed by atoms with Crippen LogP contribution in [0.15, 0.2) is 46.6 Å². The van der Waals surface area contributed by atoms with Crippen LogP contribution in [0.25, 0.3) is 0 Å². The van der Waals surface area contributed by atoms with E-state index in [-0.39, 0.29) is 0 Å². The second-order valence-electron chi connectivity index (χ2n) is 5.77. The number of amides is 2. The molecule has 2 rings (SSSR count). The molecule has 0 aliphatic rings. The van der Waals surface area contributed by atoms with E-state index in [2.05, 4.69) is 20.2 Å². The number of hydrazone groups is 2. The van der Waals surface area contributed by atoms with Crippen molar-refractivity contribution < 1.29 is 19.8 Å². The SMILES string of the molecule is Cc1cccc(/C=N\NC(=O)[C@H](O)[C@@H](O)C(=O)N/N=C\c2cccc(C)n2)n1. The highest BCUT2D eigenvalue weighted by atomic mass is 16.3. The molecule has 0 fully saturated rings. The average molecular weight is 384 g/mol. The predicted octanol–water partition coefficient (Wildman–Crippen LogP) is -0.584. The summed E-state index contributed by atoms with van der Waals surface area (Å²) in [5, 5.41) is 26.8. The highest BCUT2D eigenvalue weighted by Crippen LogP contribution is 1.97. The van der Waals surface area contributed by atoms with Crippen molar-refractivity contribution in [2.75, 3.05) is 0 Å². The van der Waals surface area contributed by atoms with Gasteiger partial charge in [-0.25, -0.2) is 10.9 Å². The van der Waals surface area contributed by atoms with Gasteiger partial charge in [-0.3, -0.25) is 19.6 Å². The van der Waals surface area contributed by atoms with Gasteiger partial charge < -0.3 is 10.2 Å². The summed E-state index contributed by atoms with van der Waals surface area (Å²) < 4.78 is 0. The Hall–Kier alpha value is -3.50. The standard InChI is InChI=1S/C18H20N6O4/c1-11-5-3-7-13(21-11)9-19-23-17(27)15(25)16(26)18(28)24-20-10-14-8-4-6-12(2)22-14/h3-10,15-16,25-26H,1-2H3,(H,23,27)(H,24,28)/b19-9-,20-10-/t15-,16-/m1/s1. The van der Waals surface area contributed by atoms with E-state index in [4.69, 9.17) is 0 Å². The molecule has 2 heterocycles. The van der Waals surface area contributed by atoms with Crippen molar-refractivity contribution in [3.8, 4) is 0 Å². The monoisotopic (exact) mass is 384 g/mol. The van der Waals surface area contributed by atoms with Crippen molar-refractivity contribution in [1.29, 1.82) is 0 Å². The first-order chi connectivity index (χ1) is 13.4. The summed E-state index contributed by atoms with van der Waals surface area (Å²) in [6.45, 7) is 3.60. The van der Waals surface area contributed by atoms with Gasteiger partial charge in [-0.15, -0.1) is 0 Å². The number of carbonyl (C=O) groups excluding carboxylic acids is 2. The van der Waals surface area contributed by atoms with Crippen molar-refractivity contribution in [3.63, 3.8) is 0 Å². The molecule has 4 N–H and O–H groups in total. The van der Waals surface area contributed by atoms with Gasteiger partial charge in [0, 0.05) is 11.4 Å². The van der Waals surface area contributed by atoms with Crippen LogP contribution in [-0.2, 0) is 9.59 Å². The van der Waals surface area contributed by atoms with Crippen molar-refractivity contribution in [3.05, 3.63) is 59.2 Å². The lowest BCUT2D eigenvalue weighted by Gasteiger charge is -2.14. The third kappa shape index (κ3) is 6.34.